The minimum Gasteiger partial charge on any atom is -0.331 e. The highest BCUT2D eigenvalue weighted by molar-refractivity contribution is 4.59. The van der Waals surface area contributed by atoms with Crippen LogP contribution in [0.1, 0.15) is 6.42 Å². The van der Waals surface area contributed by atoms with Crippen LogP contribution in [0.25, 0.3) is 0 Å². The summed E-state index contributed by atoms with van der Waals surface area (Å²) < 4.78 is 0.966. The third kappa shape index (κ3) is 6.01. The maximum atomic E-state index is 5.65. The van der Waals surface area contributed by atoms with E-state index < -0.39 is 0 Å². The van der Waals surface area contributed by atoms with Crippen molar-refractivity contribution in [3.05, 3.63) is 0 Å². The van der Waals surface area contributed by atoms with Gasteiger partial charge in [0.05, 0.1) is 27.7 Å². The molecule has 1 unspecified atom stereocenters. The smallest absolute Gasteiger partial charge is 0.0795 e. The molecule has 0 aliphatic heterocycles. The first-order chi connectivity index (χ1) is 4.45. The van der Waals surface area contributed by atoms with Crippen molar-refractivity contribution >= 4 is 0 Å². The van der Waals surface area contributed by atoms with Crippen LogP contribution in [0.5, 0.6) is 0 Å². The molecular formula is C7H20N3+. The molecule has 0 radical (unpaired) electrons. The van der Waals surface area contributed by atoms with Gasteiger partial charge >= 0.3 is 0 Å². The molecule has 0 aromatic carbocycles. The quantitative estimate of drug-likeness (QED) is 0.519. The number of quaternary nitrogens is 1. The van der Waals surface area contributed by atoms with Crippen molar-refractivity contribution in [3.63, 3.8) is 0 Å². The predicted octanol–water partition coefficient (Wildman–Crippen LogP) is -0.631. The van der Waals surface area contributed by atoms with E-state index in [0.717, 1.165) is 17.4 Å². The Morgan fingerprint density at radius 3 is 2.10 bits per heavy atom. The standard InChI is InChI=1S/C7H20N3/c1-10(2,3)5-4-7(9)6-8/h7H,4-6,8-9H2,1-3H3/q+1. The Kier molecular flexibility index (Phi) is 3.86. The average molecular weight is 146 g/mol. The van der Waals surface area contributed by atoms with Gasteiger partial charge in [0.2, 0.25) is 0 Å². The van der Waals surface area contributed by atoms with Gasteiger partial charge in [-0.05, 0) is 0 Å². The van der Waals surface area contributed by atoms with Gasteiger partial charge in [0.1, 0.15) is 0 Å². The van der Waals surface area contributed by atoms with Crippen molar-refractivity contribution in [2.45, 2.75) is 12.5 Å². The summed E-state index contributed by atoms with van der Waals surface area (Å²) in [6, 6.07) is 0.178. The van der Waals surface area contributed by atoms with Crippen molar-refractivity contribution in [1.82, 2.24) is 0 Å². The summed E-state index contributed by atoms with van der Waals surface area (Å²) in [5, 5.41) is 0. The highest BCUT2D eigenvalue weighted by atomic mass is 15.3. The Hall–Kier alpha value is -0.120. The molecule has 0 aliphatic rings. The van der Waals surface area contributed by atoms with Crippen LogP contribution in [-0.4, -0.2) is 44.8 Å². The second-order valence-corrected chi connectivity index (χ2v) is 3.80. The molecule has 0 heterocycles. The van der Waals surface area contributed by atoms with E-state index in [-0.39, 0.29) is 6.04 Å². The molecule has 0 fully saturated rings. The van der Waals surface area contributed by atoms with Crippen molar-refractivity contribution in [2.75, 3.05) is 34.2 Å². The van der Waals surface area contributed by atoms with Crippen molar-refractivity contribution < 1.29 is 4.48 Å². The Morgan fingerprint density at radius 1 is 1.30 bits per heavy atom. The van der Waals surface area contributed by atoms with Gasteiger partial charge in [-0.2, -0.15) is 0 Å². The van der Waals surface area contributed by atoms with Crippen molar-refractivity contribution in [2.24, 2.45) is 11.5 Å². The molecule has 10 heavy (non-hydrogen) atoms. The fourth-order valence-corrected chi connectivity index (χ4v) is 0.671. The summed E-state index contributed by atoms with van der Waals surface area (Å²) in [4.78, 5) is 0. The molecule has 0 saturated heterocycles. The lowest BCUT2D eigenvalue weighted by Crippen LogP contribution is -2.40. The molecule has 0 aromatic rings. The van der Waals surface area contributed by atoms with Gasteiger partial charge in [-0.3, -0.25) is 0 Å². The van der Waals surface area contributed by atoms with E-state index in [9.17, 15) is 0 Å². The summed E-state index contributed by atoms with van der Waals surface area (Å²) in [5.41, 5.74) is 11.0. The average Bonchev–Trinajstić information content (AvgIpc) is 1.81. The van der Waals surface area contributed by atoms with Crippen LogP contribution in [0.2, 0.25) is 0 Å². The summed E-state index contributed by atoms with van der Waals surface area (Å²) in [5.74, 6) is 0. The van der Waals surface area contributed by atoms with Crippen LogP contribution < -0.4 is 11.5 Å². The lowest BCUT2D eigenvalue weighted by molar-refractivity contribution is -0.870. The van der Waals surface area contributed by atoms with Crippen LogP contribution in [0.3, 0.4) is 0 Å². The van der Waals surface area contributed by atoms with Crippen LogP contribution >= 0.6 is 0 Å². The fraction of sp³-hybridized carbons (Fsp3) is 1.00. The summed E-state index contributed by atoms with van der Waals surface area (Å²) >= 11 is 0. The number of hydrogen-bond acceptors (Lipinski definition) is 2. The topological polar surface area (TPSA) is 52.0 Å². The Labute approximate surface area is 63.6 Å². The molecule has 0 rings (SSSR count). The van der Waals surface area contributed by atoms with Crippen LogP contribution in [0.15, 0.2) is 0 Å². The molecule has 4 N–H and O–H groups in total. The van der Waals surface area contributed by atoms with E-state index in [1.165, 1.54) is 0 Å². The van der Waals surface area contributed by atoms with Crippen molar-refractivity contribution in [1.29, 1.82) is 0 Å². The number of hydrogen-bond donors (Lipinski definition) is 2. The first-order valence-corrected chi connectivity index (χ1v) is 3.72. The van der Waals surface area contributed by atoms with Crippen molar-refractivity contribution in [3.8, 4) is 0 Å². The molecule has 0 amide bonds. The second kappa shape index (κ2) is 3.91. The minimum absolute atomic E-state index is 0.178. The SMILES string of the molecule is C[N+](C)(C)CCC(N)CN. The normalized spacial score (nSPS) is 15.3. The van der Waals surface area contributed by atoms with E-state index in [1.807, 2.05) is 0 Å². The van der Waals surface area contributed by atoms with E-state index in [0.29, 0.717) is 6.54 Å². The number of nitrogens with zero attached hydrogens (tertiary/aromatic N) is 1. The highest BCUT2D eigenvalue weighted by Crippen LogP contribution is 1.94. The largest absolute Gasteiger partial charge is 0.331 e. The van der Waals surface area contributed by atoms with Gasteiger partial charge in [-0.1, -0.05) is 0 Å². The van der Waals surface area contributed by atoms with E-state index >= 15 is 0 Å². The molecule has 62 valence electrons. The number of nitrogens with two attached hydrogens (primary N) is 2. The molecule has 1 atom stereocenters. The van der Waals surface area contributed by atoms with Gasteiger partial charge in [-0.15, -0.1) is 0 Å². The van der Waals surface area contributed by atoms with Crippen LogP contribution in [0.4, 0.5) is 0 Å². The Morgan fingerprint density at radius 2 is 1.80 bits per heavy atom. The summed E-state index contributed by atoms with van der Waals surface area (Å²) in [6.07, 6.45) is 1.01. The fourth-order valence-electron chi connectivity index (χ4n) is 0.671. The highest BCUT2D eigenvalue weighted by Gasteiger charge is 2.08. The number of rotatable bonds is 4. The van der Waals surface area contributed by atoms with E-state index in [2.05, 4.69) is 21.1 Å². The molecule has 0 saturated carbocycles. The third-order valence-corrected chi connectivity index (χ3v) is 1.47. The lowest BCUT2D eigenvalue weighted by atomic mass is 10.2. The molecule has 3 nitrogen and oxygen atoms in total. The first kappa shape index (κ1) is 9.88. The van der Waals surface area contributed by atoms with Gasteiger partial charge in [-0.25, -0.2) is 0 Å². The molecular weight excluding hydrogens is 126 g/mol. The van der Waals surface area contributed by atoms with Gasteiger partial charge in [0.25, 0.3) is 0 Å². The van der Waals surface area contributed by atoms with Gasteiger partial charge in [0.15, 0.2) is 0 Å². The Balaban J connectivity index is 3.36. The van der Waals surface area contributed by atoms with E-state index in [1.54, 1.807) is 0 Å². The molecule has 3 heteroatoms. The van der Waals surface area contributed by atoms with Gasteiger partial charge < -0.3 is 16.0 Å². The van der Waals surface area contributed by atoms with Crippen LogP contribution in [0, 0.1) is 0 Å². The van der Waals surface area contributed by atoms with Crippen LogP contribution in [-0.2, 0) is 0 Å². The predicted molar refractivity (Wildman–Crippen MR) is 44.5 cm³/mol. The maximum Gasteiger partial charge on any atom is 0.0795 e. The second-order valence-electron chi connectivity index (χ2n) is 3.80. The first-order valence-electron chi connectivity index (χ1n) is 3.72. The zero-order valence-electron chi connectivity index (χ0n) is 7.30. The zero-order valence-corrected chi connectivity index (χ0v) is 7.30. The molecule has 0 aliphatic carbocycles. The molecule has 0 bridgehead atoms. The third-order valence-electron chi connectivity index (χ3n) is 1.47. The monoisotopic (exact) mass is 146 g/mol. The summed E-state index contributed by atoms with van der Waals surface area (Å²) in [7, 11) is 6.47. The summed E-state index contributed by atoms with van der Waals surface area (Å²) in [6.45, 7) is 1.69. The Bertz CT molecular complexity index is 85.3. The van der Waals surface area contributed by atoms with Gasteiger partial charge in [0, 0.05) is 19.0 Å². The lowest BCUT2D eigenvalue weighted by Gasteiger charge is -2.25. The minimum atomic E-state index is 0.178. The zero-order chi connectivity index (χ0) is 8.20. The van der Waals surface area contributed by atoms with E-state index in [4.69, 9.17) is 11.5 Å². The molecule has 0 spiro atoms. The molecule has 0 aromatic heterocycles. The maximum absolute atomic E-state index is 5.65.